The molecule has 0 aliphatic heterocycles. The summed E-state index contributed by atoms with van der Waals surface area (Å²) in [6.45, 7) is 0. The van der Waals surface area contributed by atoms with Crippen LogP contribution >= 0.6 is 34.0 Å². The Morgan fingerprint density at radius 2 is 0.575 bits per heavy atom. The molecule has 16 heteroatoms. The predicted molar refractivity (Wildman–Crippen MR) is 492 cm³/mol. The van der Waals surface area contributed by atoms with Gasteiger partial charge in [-0.3, -0.25) is 0 Å². The molecule has 0 bridgehead atoms. The summed E-state index contributed by atoms with van der Waals surface area (Å²) in [6, 6.07) is 120. The highest BCUT2D eigenvalue weighted by Crippen LogP contribution is 2.50. The molecular weight excluding hydrogens is 1530 g/mol. The van der Waals surface area contributed by atoms with E-state index in [0.717, 1.165) is 168 Å². The van der Waals surface area contributed by atoms with Crippen LogP contribution < -0.4 is 0 Å². The van der Waals surface area contributed by atoms with Crippen LogP contribution in [0.4, 0.5) is 0 Å². The summed E-state index contributed by atoms with van der Waals surface area (Å²) < 4.78 is 22.7. The van der Waals surface area contributed by atoms with Crippen molar-refractivity contribution in [3.8, 4) is 130 Å². The Kier molecular flexibility index (Phi) is 15.3. The molecule has 10 aromatic heterocycles. The first-order valence-corrected chi connectivity index (χ1v) is 42.0. The minimum atomic E-state index is 0.554. The highest BCUT2D eigenvalue weighted by atomic mass is 32.1. The van der Waals surface area contributed by atoms with E-state index in [2.05, 4.69) is 278 Å². The molecule has 25 rings (SSSR count). The minimum Gasteiger partial charge on any atom is -0.452 e. The van der Waals surface area contributed by atoms with Gasteiger partial charge in [0.05, 0.1) is 11.0 Å². The van der Waals surface area contributed by atoms with Crippen molar-refractivity contribution in [1.29, 1.82) is 0 Å². The fourth-order valence-corrected chi connectivity index (χ4v) is 21.1. The maximum atomic E-state index is 6.90. The van der Waals surface area contributed by atoms with Crippen molar-refractivity contribution in [2.24, 2.45) is 0 Å². The van der Waals surface area contributed by atoms with Crippen LogP contribution in [0.3, 0.4) is 0 Å². The van der Waals surface area contributed by atoms with Crippen LogP contribution in [0, 0.1) is 0 Å². The Morgan fingerprint density at radius 1 is 0.217 bits per heavy atom. The number of hydrogen-bond acceptors (Lipinski definition) is 15. The fourth-order valence-electron chi connectivity index (χ4n) is 17.5. The SMILES string of the molecule is c1ccc(-c2nc(-c3ccc4c5ccccc5n(-c5ccccc5)c4c3)nc(-c3cccc4sc5c(-c6nc(-c7cccc(-c8cccc(-c9nc(-c%10cccc%11c%10sc%10cccc(-c%12nc(-c%13ccccc%13)nc(-c%13cccc%14sc%15ccccc%15c%13%14)n%12)c%10%11)c%10oc%11ccccc%11c%10n9)c8)c7)nc7c6oc6ccccc67)cccc5c34)n2)cc1. The summed E-state index contributed by atoms with van der Waals surface area (Å²) in [4.78, 5) is 54.2. The van der Waals surface area contributed by atoms with Crippen LogP contribution in [0.2, 0.25) is 0 Å². The van der Waals surface area contributed by atoms with E-state index in [4.69, 9.17) is 58.7 Å². The largest absolute Gasteiger partial charge is 0.452 e. The predicted octanol–water partition coefficient (Wildman–Crippen LogP) is 28.0. The van der Waals surface area contributed by atoms with Crippen molar-refractivity contribution in [1.82, 2.24) is 54.4 Å². The van der Waals surface area contributed by atoms with Crippen LogP contribution in [0.25, 0.3) is 257 Å². The Balaban J connectivity index is 0.599. The number of nitrogens with zero attached hydrogens (tertiary/aromatic N) is 11. The van der Waals surface area contributed by atoms with Gasteiger partial charge in [0, 0.05) is 143 Å². The van der Waals surface area contributed by atoms with Crippen molar-refractivity contribution < 1.29 is 8.83 Å². The van der Waals surface area contributed by atoms with Gasteiger partial charge in [0.1, 0.15) is 33.6 Å². The van der Waals surface area contributed by atoms with Crippen LogP contribution in [-0.2, 0) is 0 Å². The molecule has 10 heterocycles. The molecule has 0 saturated heterocycles. The standard InChI is InChI=1S/C104H57N11O2S3/c1-4-25-58(26-5-1)97-109-101(64-53-54-67-66-35-10-14-46-78(66)115(79(67)57-64)65-33-8-3-9-34-65)113-102(110-97)74-42-23-51-84-87(74)71-39-20-44-76(95(71)119-84)91-93-89(68-36-11-15-47-80(68)116-93)105-99(107-91)62-31-18-29-60(55-62)61-30-19-32-63(56-61)100-106-90-69-37-12-16-48-81(69)117-94(90)92(108-100)77-45-21-40-72-88-75(43-24-52-85(88)120-96(72)77)104-112-98(59-27-6-2-7-28-59)111-103(114-104)73-41-22-50-83-86(73)70-38-13-17-49-82(70)118-83/h1-57H. The second-order valence-corrected chi connectivity index (χ2v) is 33.2. The van der Waals surface area contributed by atoms with Crippen LogP contribution in [0.1, 0.15) is 0 Å². The summed E-state index contributed by atoms with van der Waals surface area (Å²) >= 11 is 5.22. The Bertz CT molecular complexity index is 8590. The van der Waals surface area contributed by atoms with Crippen LogP contribution in [0.15, 0.2) is 355 Å². The van der Waals surface area contributed by atoms with E-state index in [0.29, 0.717) is 69.1 Å². The molecule has 0 amide bonds. The Hall–Kier alpha value is -15.5. The Morgan fingerprint density at radius 3 is 1.12 bits per heavy atom. The van der Waals surface area contributed by atoms with Gasteiger partial charge < -0.3 is 13.4 Å². The lowest BCUT2D eigenvalue weighted by atomic mass is 9.99. The van der Waals surface area contributed by atoms with Gasteiger partial charge in [-0.05, 0) is 96.1 Å². The zero-order valence-corrected chi connectivity index (χ0v) is 65.8. The lowest BCUT2D eigenvalue weighted by Crippen LogP contribution is -2.00. The van der Waals surface area contributed by atoms with Gasteiger partial charge in [-0.25, -0.2) is 49.8 Å². The van der Waals surface area contributed by atoms with Gasteiger partial charge in [-0.1, -0.05) is 261 Å². The molecule has 0 spiro atoms. The molecule has 25 aromatic rings. The molecule has 0 aliphatic rings. The van der Waals surface area contributed by atoms with E-state index in [-0.39, 0.29) is 0 Å². The second kappa shape index (κ2) is 27.1. The van der Waals surface area contributed by atoms with E-state index >= 15 is 0 Å². The zero-order valence-electron chi connectivity index (χ0n) is 63.4. The molecule has 0 radical (unpaired) electrons. The maximum Gasteiger partial charge on any atom is 0.180 e. The average Bonchev–Trinajstić information content (AvgIpc) is 1.57. The van der Waals surface area contributed by atoms with Crippen molar-refractivity contribution in [2.75, 3.05) is 0 Å². The maximum absolute atomic E-state index is 6.90. The van der Waals surface area contributed by atoms with Crippen molar-refractivity contribution in [3.05, 3.63) is 346 Å². The van der Waals surface area contributed by atoms with E-state index in [1.54, 1.807) is 34.0 Å². The molecule has 0 unspecified atom stereocenters. The fraction of sp³-hybridized carbons (Fsp3) is 0. The van der Waals surface area contributed by atoms with Gasteiger partial charge in [0.25, 0.3) is 0 Å². The lowest BCUT2D eigenvalue weighted by Gasteiger charge is -2.11. The molecule has 558 valence electrons. The van der Waals surface area contributed by atoms with Gasteiger partial charge in [0.15, 0.2) is 57.8 Å². The third-order valence-electron chi connectivity index (χ3n) is 23.0. The van der Waals surface area contributed by atoms with E-state index in [1.807, 2.05) is 72.8 Å². The zero-order chi connectivity index (χ0) is 78.6. The van der Waals surface area contributed by atoms with E-state index < -0.39 is 0 Å². The number of benzene rings is 15. The number of rotatable bonds is 12. The number of fused-ring (bicyclic) bond motifs is 18. The third kappa shape index (κ3) is 10.9. The molecule has 0 fully saturated rings. The first kappa shape index (κ1) is 67.8. The summed E-state index contributed by atoms with van der Waals surface area (Å²) in [7, 11) is 0. The number of furan rings is 2. The van der Waals surface area contributed by atoms with Crippen LogP contribution in [-0.4, -0.2) is 54.4 Å². The summed E-state index contributed by atoms with van der Waals surface area (Å²) in [5, 5.41) is 10.6. The minimum absolute atomic E-state index is 0.554. The molecule has 0 saturated carbocycles. The average molecular weight is 1590 g/mol. The van der Waals surface area contributed by atoms with Gasteiger partial charge in [-0.2, -0.15) is 0 Å². The van der Waals surface area contributed by atoms with Crippen molar-refractivity contribution >= 4 is 160 Å². The molecule has 0 N–H and O–H groups in total. The van der Waals surface area contributed by atoms with Crippen molar-refractivity contribution in [3.63, 3.8) is 0 Å². The van der Waals surface area contributed by atoms with E-state index in [9.17, 15) is 0 Å². The first-order valence-electron chi connectivity index (χ1n) is 39.6. The van der Waals surface area contributed by atoms with Gasteiger partial charge >= 0.3 is 0 Å². The molecular formula is C104H57N11O2S3. The quantitative estimate of drug-likeness (QED) is 0.114. The monoisotopic (exact) mass is 1590 g/mol. The molecule has 15 aromatic carbocycles. The first-order chi connectivity index (χ1) is 59.4. The lowest BCUT2D eigenvalue weighted by molar-refractivity contribution is 0.667. The number of para-hydroxylation sites is 4. The smallest absolute Gasteiger partial charge is 0.180 e. The molecule has 0 aliphatic carbocycles. The van der Waals surface area contributed by atoms with Gasteiger partial charge in [0.2, 0.25) is 0 Å². The topological polar surface area (TPSA) is 160 Å². The summed E-state index contributed by atoms with van der Waals surface area (Å²) in [6.07, 6.45) is 0. The summed E-state index contributed by atoms with van der Waals surface area (Å²) in [5.74, 6) is 4.63. The van der Waals surface area contributed by atoms with Crippen molar-refractivity contribution in [2.45, 2.75) is 0 Å². The number of aromatic nitrogens is 11. The highest BCUT2D eigenvalue weighted by Gasteiger charge is 2.28. The van der Waals surface area contributed by atoms with Gasteiger partial charge in [-0.15, -0.1) is 34.0 Å². The third-order valence-corrected chi connectivity index (χ3v) is 26.5. The molecule has 120 heavy (non-hydrogen) atoms. The molecule has 13 nitrogen and oxygen atoms in total. The normalized spacial score (nSPS) is 12.0. The highest BCUT2D eigenvalue weighted by molar-refractivity contribution is 7.27. The second-order valence-electron chi connectivity index (χ2n) is 30.0. The number of hydrogen-bond donors (Lipinski definition) is 0. The van der Waals surface area contributed by atoms with E-state index in [1.165, 1.54) is 20.2 Å². The summed E-state index contributed by atoms with van der Waals surface area (Å²) in [5.41, 5.74) is 19.6. The Labute approximate surface area is 694 Å². The number of thiophene rings is 3. The molecule has 0 atom stereocenters. The van der Waals surface area contributed by atoms with Crippen LogP contribution in [0.5, 0.6) is 0 Å².